The van der Waals surface area contributed by atoms with Crippen LogP contribution in [-0.2, 0) is 0 Å². The third-order valence-corrected chi connectivity index (χ3v) is 4.46. The van der Waals surface area contributed by atoms with E-state index in [0.717, 1.165) is 5.30 Å². The van der Waals surface area contributed by atoms with Crippen molar-refractivity contribution in [1.29, 1.82) is 0 Å². The van der Waals surface area contributed by atoms with Gasteiger partial charge in [0.25, 0.3) is 0 Å². The van der Waals surface area contributed by atoms with Gasteiger partial charge in [-0.25, -0.2) is 0 Å². The molecule has 1 aromatic rings. The normalized spacial score (nSPS) is 15.5. The molecule has 0 radical (unpaired) electrons. The number of benzene rings is 1. The van der Waals surface area contributed by atoms with Crippen molar-refractivity contribution in [2.45, 2.75) is 0 Å². The van der Waals surface area contributed by atoms with Crippen LogP contribution in [0.5, 0.6) is 0 Å². The van der Waals surface area contributed by atoms with Crippen LogP contribution in [-0.4, -0.2) is 6.66 Å². The molecule has 0 unspecified atom stereocenters. The van der Waals surface area contributed by atoms with Crippen LogP contribution >= 0.6 is 38.4 Å². The third kappa shape index (κ3) is 2.80. The summed E-state index contributed by atoms with van der Waals surface area (Å²) in [5, 5.41) is 0.809. The average molecular weight is 229 g/mol. The maximum atomic E-state index is 5.98. The Morgan fingerprint density at radius 3 is 1.73 bits per heavy atom. The van der Waals surface area contributed by atoms with Crippen LogP contribution in [0.15, 0.2) is 30.3 Å². The molecule has 0 aliphatic rings. The van der Waals surface area contributed by atoms with Crippen LogP contribution in [0.4, 0.5) is 0 Å². The van der Waals surface area contributed by atoms with E-state index in [1.807, 2.05) is 30.3 Å². The number of rotatable bonds is 1. The van der Waals surface area contributed by atoms with Crippen molar-refractivity contribution in [1.82, 2.24) is 0 Å². The fourth-order valence-electron chi connectivity index (χ4n) is 0.746. The molecule has 0 saturated carbocycles. The SMILES string of the molecule is CP(Cl)(Cl)(Cl)c1ccccc1. The first kappa shape index (κ1) is 9.61. The standard InChI is InChI=1S/C7H8Cl3P/c1-11(8,9,10)7-5-3-2-4-6-7/h2-6H,1H3. The zero-order valence-corrected chi connectivity index (χ0v) is 9.13. The van der Waals surface area contributed by atoms with Gasteiger partial charge in [0.05, 0.1) is 0 Å². The van der Waals surface area contributed by atoms with E-state index in [1.54, 1.807) is 6.66 Å². The summed E-state index contributed by atoms with van der Waals surface area (Å²) in [5.41, 5.74) is 0. The van der Waals surface area contributed by atoms with E-state index in [0.29, 0.717) is 0 Å². The second-order valence-electron chi connectivity index (χ2n) is 2.51. The second-order valence-corrected chi connectivity index (χ2v) is 14.5. The van der Waals surface area contributed by atoms with Gasteiger partial charge in [0.2, 0.25) is 0 Å². The molecule has 0 amide bonds. The zero-order chi connectivity index (χ0) is 8.56. The van der Waals surface area contributed by atoms with Crippen molar-refractivity contribution in [3.63, 3.8) is 0 Å². The van der Waals surface area contributed by atoms with E-state index in [9.17, 15) is 0 Å². The average Bonchev–Trinajstić information content (AvgIpc) is 1.86. The van der Waals surface area contributed by atoms with Crippen LogP contribution in [0.25, 0.3) is 0 Å². The molecular weight excluding hydrogens is 221 g/mol. The van der Waals surface area contributed by atoms with Gasteiger partial charge in [0, 0.05) is 0 Å². The van der Waals surface area contributed by atoms with Crippen molar-refractivity contribution in [3.05, 3.63) is 30.3 Å². The Labute approximate surface area is 80.8 Å². The van der Waals surface area contributed by atoms with Crippen LogP contribution in [0.2, 0.25) is 0 Å². The van der Waals surface area contributed by atoms with Crippen molar-refractivity contribution in [2.75, 3.05) is 6.66 Å². The number of hydrogen-bond acceptors (Lipinski definition) is 0. The summed E-state index contributed by atoms with van der Waals surface area (Å²) in [7, 11) is 0. The van der Waals surface area contributed by atoms with Gasteiger partial charge in [-0.2, -0.15) is 0 Å². The van der Waals surface area contributed by atoms with Gasteiger partial charge in [0.15, 0.2) is 0 Å². The number of hydrogen-bond donors (Lipinski definition) is 0. The molecule has 0 N–H and O–H groups in total. The minimum absolute atomic E-state index is 0.809. The molecule has 0 aliphatic heterocycles. The van der Waals surface area contributed by atoms with Crippen LogP contribution in [0, 0.1) is 0 Å². The van der Waals surface area contributed by atoms with Gasteiger partial charge in [-0.15, -0.1) is 0 Å². The predicted molar refractivity (Wildman–Crippen MR) is 56.5 cm³/mol. The van der Waals surface area contributed by atoms with Crippen molar-refractivity contribution in [2.24, 2.45) is 0 Å². The summed E-state index contributed by atoms with van der Waals surface area (Å²) in [4.78, 5) is 0. The molecule has 1 rings (SSSR count). The van der Waals surface area contributed by atoms with Gasteiger partial charge in [0.1, 0.15) is 0 Å². The fraction of sp³-hybridized carbons (Fsp3) is 0.143. The minimum atomic E-state index is -3.07. The molecule has 0 nitrogen and oxygen atoms in total. The molecule has 0 heterocycles. The Kier molecular flexibility index (Phi) is 2.43. The topological polar surface area (TPSA) is 0 Å². The third-order valence-electron chi connectivity index (χ3n) is 1.31. The second kappa shape index (κ2) is 2.78. The molecule has 0 fully saturated rings. The molecule has 0 saturated heterocycles. The van der Waals surface area contributed by atoms with Crippen molar-refractivity contribution >= 4 is 43.7 Å². The van der Waals surface area contributed by atoms with Gasteiger partial charge in [-0.05, 0) is 0 Å². The van der Waals surface area contributed by atoms with E-state index >= 15 is 0 Å². The quantitative estimate of drug-likeness (QED) is 0.640. The van der Waals surface area contributed by atoms with Crippen LogP contribution in [0.1, 0.15) is 0 Å². The maximum absolute atomic E-state index is 5.98. The first-order chi connectivity index (χ1) is 4.86. The number of halogens is 3. The Morgan fingerprint density at radius 1 is 1.00 bits per heavy atom. The molecule has 11 heavy (non-hydrogen) atoms. The first-order valence-electron chi connectivity index (χ1n) is 3.09. The molecule has 1 aromatic carbocycles. The molecule has 62 valence electrons. The summed E-state index contributed by atoms with van der Waals surface area (Å²) in [6, 6.07) is 9.31. The van der Waals surface area contributed by atoms with Gasteiger partial charge >= 0.3 is 80.7 Å². The summed E-state index contributed by atoms with van der Waals surface area (Å²) in [6.07, 6.45) is 0. The Bertz CT molecular complexity index is 240. The summed E-state index contributed by atoms with van der Waals surface area (Å²) < 4.78 is -3.07. The van der Waals surface area contributed by atoms with E-state index in [2.05, 4.69) is 0 Å². The van der Waals surface area contributed by atoms with Crippen molar-refractivity contribution in [3.8, 4) is 0 Å². The van der Waals surface area contributed by atoms with Crippen LogP contribution in [0.3, 0.4) is 0 Å². The van der Waals surface area contributed by atoms with E-state index in [4.69, 9.17) is 33.7 Å². The molecule has 0 aliphatic carbocycles. The van der Waals surface area contributed by atoms with Gasteiger partial charge in [-0.3, -0.25) is 0 Å². The molecule has 0 bridgehead atoms. The monoisotopic (exact) mass is 228 g/mol. The molecule has 0 aromatic heterocycles. The Morgan fingerprint density at radius 2 is 1.45 bits per heavy atom. The predicted octanol–water partition coefficient (Wildman–Crippen LogP) is 3.96. The van der Waals surface area contributed by atoms with E-state index in [1.165, 1.54) is 0 Å². The Hall–Kier alpha value is 0.520. The van der Waals surface area contributed by atoms with Crippen molar-refractivity contribution < 1.29 is 0 Å². The van der Waals surface area contributed by atoms with E-state index in [-0.39, 0.29) is 0 Å². The zero-order valence-electron chi connectivity index (χ0n) is 5.97. The molecular formula is C7H8Cl3P. The molecule has 0 spiro atoms. The summed E-state index contributed by atoms with van der Waals surface area (Å²) >= 11 is 17.9. The summed E-state index contributed by atoms with van der Waals surface area (Å²) in [6.45, 7) is 1.67. The summed E-state index contributed by atoms with van der Waals surface area (Å²) in [5.74, 6) is 0. The Balaban J connectivity index is 3.14. The fourth-order valence-corrected chi connectivity index (χ4v) is 2.57. The van der Waals surface area contributed by atoms with E-state index < -0.39 is 4.66 Å². The van der Waals surface area contributed by atoms with Gasteiger partial charge < -0.3 is 0 Å². The molecule has 4 heteroatoms. The molecule has 0 atom stereocenters. The van der Waals surface area contributed by atoms with Gasteiger partial charge in [-0.1, -0.05) is 0 Å². The first-order valence-corrected chi connectivity index (χ1v) is 8.49. The van der Waals surface area contributed by atoms with Crippen LogP contribution < -0.4 is 5.30 Å².